The fourth-order valence-corrected chi connectivity index (χ4v) is 2.68. The lowest BCUT2D eigenvalue weighted by Gasteiger charge is -2.32. The van der Waals surface area contributed by atoms with Crippen molar-refractivity contribution in [1.82, 2.24) is 9.62 Å². The number of nitrogens with zero attached hydrogens (tertiary/aromatic N) is 1. The summed E-state index contributed by atoms with van der Waals surface area (Å²) in [7, 11) is -3.51. The average molecular weight is 249 g/mol. The molecule has 1 fully saturated rings. The van der Waals surface area contributed by atoms with Crippen LogP contribution < -0.4 is 10.5 Å². The molecule has 1 rings (SSSR count). The van der Waals surface area contributed by atoms with Gasteiger partial charge in [-0.25, -0.2) is 5.14 Å². The molecule has 0 aromatic carbocycles. The molecule has 16 heavy (non-hydrogen) atoms. The largest absolute Gasteiger partial charge is 0.312 e. The second-order valence-electron chi connectivity index (χ2n) is 5.54. The van der Waals surface area contributed by atoms with Gasteiger partial charge in [-0.15, -0.1) is 0 Å². The summed E-state index contributed by atoms with van der Waals surface area (Å²) in [6.45, 7) is 8.26. The lowest BCUT2D eigenvalue weighted by Crippen LogP contribution is -2.47. The fraction of sp³-hybridized carbons (Fsp3) is 1.00. The zero-order chi connectivity index (χ0) is 12.4. The van der Waals surface area contributed by atoms with Crippen LogP contribution in [0.25, 0.3) is 0 Å². The third-order valence-electron chi connectivity index (χ3n) is 2.76. The van der Waals surface area contributed by atoms with E-state index in [0.29, 0.717) is 19.0 Å². The first-order chi connectivity index (χ1) is 7.18. The Balaban J connectivity index is 2.46. The Labute approximate surface area is 98.6 Å². The predicted octanol–water partition coefficient (Wildman–Crippen LogP) is 0.290. The van der Waals surface area contributed by atoms with Gasteiger partial charge in [0.2, 0.25) is 0 Å². The quantitative estimate of drug-likeness (QED) is 0.755. The van der Waals surface area contributed by atoms with Crippen LogP contribution in [-0.2, 0) is 10.2 Å². The first kappa shape index (κ1) is 13.9. The van der Waals surface area contributed by atoms with Gasteiger partial charge in [0.25, 0.3) is 10.2 Å². The standard InChI is InChI=1S/C10H23N3O2S/c1-10(2,3)12-7-9-5-4-6-13(8-9)16(11,14)15/h9,12H,4-8H2,1-3H3,(H2,11,14,15). The number of nitrogens with one attached hydrogen (secondary N) is 1. The van der Waals surface area contributed by atoms with Gasteiger partial charge >= 0.3 is 0 Å². The molecular formula is C10H23N3O2S. The third-order valence-corrected chi connectivity index (χ3v) is 3.81. The zero-order valence-corrected chi connectivity index (χ0v) is 11.2. The van der Waals surface area contributed by atoms with E-state index < -0.39 is 10.2 Å². The van der Waals surface area contributed by atoms with E-state index in [9.17, 15) is 8.42 Å². The maximum atomic E-state index is 11.2. The van der Waals surface area contributed by atoms with Crippen molar-refractivity contribution in [3.8, 4) is 0 Å². The molecule has 0 aliphatic carbocycles. The Bertz CT molecular complexity index is 321. The van der Waals surface area contributed by atoms with E-state index in [2.05, 4.69) is 26.1 Å². The first-order valence-corrected chi connectivity index (χ1v) is 7.22. The molecule has 0 bridgehead atoms. The Morgan fingerprint density at radius 3 is 2.56 bits per heavy atom. The molecular weight excluding hydrogens is 226 g/mol. The third kappa shape index (κ3) is 4.78. The topological polar surface area (TPSA) is 75.4 Å². The normalized spacial score (nSPS) is 24.6. The minimum Gasteiger partial charge on any atom is -0.312 e. The highest BCUT2D eigenvalue weighted by atomic mass is 32.2. The Hall–Kier alpha value is -0.170. The fourth-order valence-electron chi connectivity index (χ4n) is 1.88. The van der Waals surface area contributed by atoms with Crippen LogP contribution in [0.2, 0.25) is 0 Å². The lowest BCUT2D eigenvalue weighted by atomic mass is 9.98. The maximum Gasteiger partial charge on any atom is 0.276 e. The molecule has 0 aromatic heterocycles. The Morgan fingerprint density at radius 2 is 2.06 bits per heavy atom. The molecule has 5 nitrogen and oxygen atoms in total. The van der Waals surface area contributed by atoms with Crippen molar-refractivity contribution in [2.24, 2.45) is 11.1 Å². The van der Waals surface area contributed by atoms with E-state index in [1.165, 1.54) is 4.31 Å². The molecule has 0 spiro atoms. The van der Waals surface area contributed by atoms with Gasteiger partial charge in [0, 0.05) is 18.6 Å². The molecule has 1 heterocycles. The predicted molar refractivity (Wildman–Crippen MR) is 65.2 cm³/mol. The summed E-state index contributed by atoms with van der Waals surface area (Å²) < 4.78 is 23.8. The highest BCUT2D eigenvalue weighted by Crippen LogP contribution is 2.17. The highest BCUT2D eigenvalue weighted by Gasteiger charge is 2.26. The minimum atomic E-state index is -3.51. The number of piperidine rings is 1. The summed E-state index contributed by atoms with van der Waals surface area (Å²) >= 11 is 0. The van der Waals surface area contributed by atoms with Crippen molar-refractivity contribution < 1.29 is 8.42 Å². The van der Waals surface area contributed by atoms with Crippen molar-refractivity contribution >= 4 is 10.2 Å². The Kier molecular flexibility index (Phi) is 4.34. The van der Waals surface area contributed by atoms with Crippen molar-refractivity contribution in [2.75, 3.05) is 19.6 Å². The van der Waals surface area contributed by atoms with Crippen LogP contribution in [0.15, 0.2) is 0 Å². The van der Waals surface area contributed by atoms with Crippen molar-refractivity contribution in [3.05, 3.63) is 0 Å². The molecule has 3 N–H and O–H groups in total. The van der Waals surface area contributed by atoms with Gasteiger partial charge in [0.15, 0.2) is 0 Å². The van der Waals surface area contributed by atoms with Gasteiger partial charge in [-0.05, 0) is 46.1 Å². The van der Waals surface area contributed by atoms with E-state index in [0.717, 1.165) is 19.4 Å². The number of hydrogen-bond donors (Lipinski definition) is 2. The second kappa shape index (κ2) is 5.00. The first-order valence-electron chi connectivity index (χ1n) is 5.71. The van der Waals surface area contributed by atoms with E-state index in [-0.39, 0.29) is 5.54 Å². The monoisotopic (exact) mass is 249 g/mol. The van der Waals surface area contributed by atoms with E-state index in [4.69, 9.17) is 5.14 Å². The molecule has 1 aliphatic heterocycles. The summed E-state index contributed by atoms with van der Waals surface area (Å²) in [6, 6.07) is 0. The average Bonchev–Trinajstić information content (AvgIpc) is 2.13. The summed E-state index contributed by atoms with van der Waals surface area (Å²) in [6.07, 6.45) is 1.96. The summed E-state index contributed by atoms with van der Waals surface area (Å²) in [5.41, 5.74) is 0.0733. The molecule has 0 amide bonds. The lowest BCUT2D eigenvalue weighted by molar-refractivity contribution is 0.245. The SMILES string of the molecule is CC(C)(C)NCC1CCCN(S(N)(=O)=O)C1. The molecule has 6 heteroatoms. The number of nitrogens with two attached hydrogens (primary N) is 1. The van der Waals surface area contributed by atoms with Crippen LogP contribution >= 0.6 is 0 Å². The summed E-state index contributed by atoms with van der Waals surface area (Å²) in [4.78, 5) is 0. The molecule has 0 saturated carbocycles. The molecule has 0 radical (unpaired) electrons. The van der Waals surface area contributed by atoms with Crippen LogP contribution in [0.5, 0.6) is 0 Å². The molecule has 1 atom stereocenters. The molecule has 1 aliphatic rings. The minimum absolute atomic E-state index is 0.0733. The number of hydrogen-bond acceptors (Lipinski definition) is 3. The van der Waals surface area contributed by atoms with Gasteiger partial charge in [-0.1, -0.05) is 0 Å². The second-order valence-corrected chi connectivity index (χ2v) is 7.09. The summed E-state index contributed by atoms with van der Waals surface area (Å²) in [5, 5.41) is 8.53. The van der Waals surface area contributed by atoms with Crippen molar-refractivity contribution in [2.45, 2.75) is 39.2 Å². The van der Waals surface area contributed by atoms with Gasteiger partial charge in [0.05, 0.1) is 0 Å². The molecule has 0 aromatic rings. The van der Waals surface area contributed by atoms with E-state index in [1.54, 1.807) is 0 Å². The zero-order valence-electron chi connectivity index (χ0n) is 10.4. The van der Waals surface area contributed by atoms with Crippen molar-refractivity contribution in [1.29, 1.82) is 0 Å². The van der Waals surface area contributed by atoms with E-state index >= 15 is 0 Å². The van der Waals surface area contributed by atoms with Gasteiger partial charge < -0.3 is 5.32 Å². The summed E-state index contributed by atoms with van der Waals surface area (Å²) in [5.74, 6) is 0.367. The van der Waals surface area contributed by atoms with Crippen LogP contribution in [-0.4, -0.2) is 37.9 Å². The smallest absolute Gasteiger partial charge is 0.276 e. The van der Waals surface area contributed by atoms with Gasteiger partial charge in [0.1, 0.15) is 0 Å². The molecule has 1 saturated heterocycles. The van der Waals surface area contributed by atoms with Crippen molar-refractivity contribution in [3.63, 3.8) is 0 Å². The van der Waals surface area contributed by atoms with Crippen LogP contribution in [0, 0.1) is 5.92 Å². The molecule has 96 valence electrons. The Morgan fingerprint density at radius 1 is 1.44 bits per heavy atom. The number of rotatable bonds is 3. The maximum absolute atomic E-state index is 11.2. The van der Waals surface area contributed by atoms with E-state index in [1.807, 2.05) is 0 Å². The van der Waals surface area contributed by atoms with Crippen LogP contribution in [0.4, 0.5) is 0 Å². The van der Waals surface area contributed by atoms with Gasteiger partial charge in [-0.3, -0.25) is 0 Å². The highest BCUT2D eigenvalue weighted by molar-refractivity contribution is 7.86. The van der Waals surface area contributed by atoms with Gasteiger partial charge in [-0.2, -0.15) is 12.7 Å². The van der Waals surface area contributed by atoms with Crippen LogP contribution in [0.1, 0.15) is 33.6 Å². The van der Waals surface area contributed by atoms with Crippen LogP contribution in [0.3, 0.4) is 0 Å². The molecule has 1 unspecified atom stereocenters.